The van der Waals surface area contributed by atoms with Crippen LogP contribution in [0.5, 0.6) is 0 Å². The van der Waals surface area contributed by atoms with Crippen LogP contribution in [0, 0.1) is 0 Å². The number of unbranched alkanes of at least 4 members (excludes halogenated alkanes) is 2. The highest BCUT2D eigenvalue weighted by Crippen LogP contribution is 1.95. The first-order valence-corrected chi connectivity index (χ1v) is 4.53. The van der Waals surface area contributed by atoms with Gasteiger partial charge in [0.25, 0.3) is 0 Å². The number of amides is 2. The van der Waals surface area contributed by atoms with Crippen LogP contribution in [0.2, 0.25) is 0 Å². The van der Waals surface area contributed by atoms with Gasteiger partial charge in [0.2, 0.25) is 11.8 Å². The molecule has 0 unspecified atom stereocenters. The van der Waals surface area contributed by atoms with Gasteiger partial charge in [0.15, 0.2) is 0 Å². The van der Waals surface area contributed by atoms with E-state index in [2.05, 4.69) is 19.2 Å². The highest BCUT2D eigenvalue weighted by Gasteiger charge is 2.15. The van der Waals surface area contributed by atoms with Gasteiger partial charge in [0.1, 0.15) is 0 Å². The molecule has 2 amide bonds. The van der Waals surface area contributed by atoms with E-state index in [1.165, 1.54) is 19.3 Å². The van der Waals surface area contributed by atoms with Crippen molar-refractivity contribution in [2.45, 2.75) is 46.0 Å². The molecule has 0 aromatic carbocycles. The van der Waals surface area contributed by atoms with E-state index < -0.39 is 0 Å². The van der Waals surface area contributed by atoms with Gasteiger partial charge in [-0.1, -0.05) is 33.1 Å². The second kappa shape index (κ2) is 6.83. The molecule has 0 spiro atoms. The number of carbonyl (C=O) groups excluding carboxylic acids is 2. The molecule has 1 heterocycles. The number of carbonyl (C=O) groups is 2. The molecule has 1 aliphatic rings. The number of imide groups is 1. The zero-order valence-electron chi connectivity index (χ0n) is 7.85. The van der Waals surface area contributed by atoms with Crippen LogP contribution in [0.15, 0.2) is 0 Å². The van der Waals surface area contributed by atoms with Crippen molar-refractivity contribution in [2.24, 2.45) is 0 Å². The standard InChI is InChI=1S/C5H12.C4H5NO2/c1-3-5-4-2;6-3-1-2-4(7)5-3/h3-5H2,1-2H3;1-2H2,(H,5,6,7). The fourth-order valence-electron chi connectivity index (χ4n) is 0.861. The van der Waals surface area contributed by atoms with Crippen molar-refractivity contribution in [1.82, 2.24) is 5.32 Å². The lowest BCUT2D eigenvalue weighted by Gasteiger charge is -1.79. The molecule has 1 saturated heterocycles. The molecular formula is C9H17NO2. The maximum atomic E-state index is 10.1. The van der Waals surface area contributed by atoms with Crippen molar-refractivity contribution in [1.29, 1.82) is 0 Å². The third-order valence-corrected chi connectivity index (χ3v) is 1.57. The molecule has 1 N–H and O–H groups in total. The smallest absolute Gasteiger partial charge is 0.227 e. The minimum Gasteiger partial charge on any atom is -0.296 e. The fourth-order valence-corrected chi connectivity index (χ4v) is 0.861. The van der Waals surface area contributed by atoms with Crippen molar-refractivity contribution in [2.75, 3.05) is 0 Å². The zero-order chi connectivity index (χ0) is 9.40. The summed E-state index contributed by atoms with van der Waals surface area (Å²) in [7, 11) is 0. The summed E-state index contributed by atoms with van der Waals surface area (Å²) in [6, 6.07) is 0. The molecule has 12 heavy (non-hydrogen) atoms. The first-order chi connectivity index (χ1) is 5.70. The van der Waals surface area contributed by atoms with Crippen LogP contribution < -0.4 is 5.32 Å². The van der Waals surface area contributed by atoms with Gasteiger partial charge >= 0.3 is 0 Å². The van der Waals surface area contributed by atoms with E-state index in [9.17, 15) is 9.59 Å². The molecule has 1 fully saturated rings. The van der Waals surface area contributed by atoms with Crippen LogP contribution in [0.1, 0.15) is 46.0 Å². The molecule has 0 radical (unpaired) electrons. The third kappa shape index (κ3) is 5.89. The second-order valence-electron chi connectivity index (χ2n) is 2.82. The molecule has 0 bridgehead atoms. The summed E-state index contributed by atoms with van der Waals surface area (Å²) in [6.45, 7) is 4.42. The van der Waals surface area contributed by atoms with Gasteiger partial charge < -0.3 is 0 Å². The van der Waals surface area contributed by atoms with E-state index >= 15 is 0 Å². The first-order valence-electron chi connectivity index (χ1n) is 4.53. The van der Waals surface area contributed by atoms with Gasteiger partial charge in [-0.25, -0.2) is 0 Å². The van der Waals surface area contributed by atoms with E-state index in [1.807, 2.05) is 0 Å². The monoisotopic (exact) mass is 171 g/mol. The minimum atomic E-state index is -0.148. The summed E-state index contributed by atoms with van der Waals surface area (Å²) in [5.41, 5.74) is 0. The van der Waals surface area contributed by atoms with Gasteiger partial charge in [0.05, 0.1) is 0 Å². The quantitative estimate of drug-likeness (QED) is 0.642. The van der Waals surface area contributed by atoms with E-state index in [1.54, 1.807) is 0 Å². The van der Waals surface area contributed by atoms with Crippen molar-refractivity contribution < 1.29 is 9.59 Å². The Morgan fingerprint density at radius 2 is 1.50 bits per heavy atom. The second-order valence-corrected chi connectivity index (χ2v) is 2.82. The van der Waals surface area contributed by atoms with Gasteiger partial charge in [-0.15, -0.1) is 0 Å². The molecule has 3 nitrogen and oxygen atoms in total. The third-order valence-electron chi connectivity index (χ3n) is 1.57. The van der Waals surface area contributed by atoms with Crippen LogP contribution in [-0.4, -0.2) is 11.8 Å². The maximum Gasteiger partial charge on any atom is 0.227 e. The van der Waals surface area contributed by atoms with Gasteiger partial charge in [0, 0.05) is 12.8 Å². The summed E-state index contributed by atoms with van der Waals surface area (Å²) in [6.07, 6.45) is 4.82. The molecule has 0 aromatic rings. The lowest BCUT2D eigenvalue weighted by atomic mass is 10.3. The Kier molecular flexibility index (Phi) is 6.34. The molecule has 1 aliphatic heterocycles. The average molecular weight is 171 g/mol. The summed E-state index contributed by atoms with van der Waals surface area (Å²) in [5, 5.41) is 2.14. The first kappa shape index (κ1) is 11.1. The summed E-state index contributed by atoms with van der Waals surface area (Å²) in [4.78, 5) is 20.2. The Bertz CT molecular complexity index is 139. The largest absolute Gasteiger partial charge is 0.296 e. The summed E-state index contributed by atoms with van der Waals surface area (Å²) < 4.78 is 0. The summed E-state index contributed by atoms with van der Waals surface area (Å²) in [5.74, 6) is -0.296. The van der Waals surface area contributed by atoms with E-state index in [-0.39, 0.29) is 11.8 Å². The number of nitrogens with one attached hydrogen (secondary N) is 1. The Morgan fingerprint density at radius 3 is 1.58 bits per heavy atom. The highest BCUT2D eigenvalue weighted by molar-refractivity contribution is 6.01. The topological polar surface area (TPSA) is 46.2 Å². The fraction of sp³-hybridized carbons (Fsp3) is 0.778. The Hall–Kier alpha value is -0.860. The summed E-state index contributed by atoms with van der Waals surface area (Å²) >= 11 is 0. The predicted octanol–water partition coefficient (Wildman–Crippen LogP) is 1.62. The molecular weight excluding hydrogens is 154 g/mol. The zero-order valence-corrected chi connectivity index (χ0v) is 7.85. The Labute approximate surface area is 73.5 Å². The van der Waals surface area contributed by atoms with Crippen LogP contribution in [-0.2, 0) is 9.59 Å². The van der Waals surface area contributed by atoms with Gasteiger partial charge in [-0.05, 0) is 0 Å². The molecule has 70 valence electrons. The lowest BCUT2D eigenvalue weighted by molar-refractivity contribution is -0.124. The van der Waals surface area contributed by atoms with Crippen molar-refractivity contribution >= 4 is 11.8 Å². The highest BCUT2D eigenvalue weighted by atomic mass is 16.2. The normalized spacial score (nSPS) is 15.2. The van der Waals surface area contributed by atoms with Crippen molar-refractivity contribution in [3.8, 4) is 0 Å². The lowest BCUT2D eigenvalue weighted by Crippen LogP contribution is -2.18. The maximum absolute atomic E-state index is 10.1. The number of rotatable bonds is 2. The minimum absolute atomic E-state index is 0.148. The van der Waals surface area contributed by atoms with E-state index in [0.717, 1.165) is 0 Å². The molecule has 0 aliphatic carbocycles. The van der Waals surface area contributed by atoms with Crippen LogP contribution in [0.25, 0.3) is 0 Å². The average Bonchev–Trinajstić information content (AvgIpc) is 2.38. The van der Waals surface area contributed by atoms with Crippen molar-refractivity contribution in [3.05, 3.63) is 0 Å². The van der Waals surface area contributed by atoms with E-state index in [0.29, 0.717) is 12.8 Å². The van der Waals surface area contributed by atoms with Crippen LogP contribution >= 0.6 is 0 Å². The number of hydrogen-bond donors (Lipinski definition) is 1. The number of hydrogen-bond acceptors (Lipinski definition) is 2. The molecule has 3 heteroatoms. The van der Waals surface area contributed by atoms with Gasteiger partial charge in [-0.2, -0.15) is 0 Å². The molecule has 1 rings (SSSR count). The Balaban J connectivity index is 0.000000217. The Morgan fingerprint density at radius 1 is 1.08 bits per heavy atom. The molecule has 0 aromatic heterocycles. The molecule has 0 saturated carbocycles. The van der Waals surface area contributed by atoms with E-state index in [4.69, 9.17) is 0 Å². The van der Waals surface area contributed by atoms with Crippen molar-refractivity contribution in [3.63, 3.8) is 0 Å². The van der Waals surface area contributed by atoms with Gasteiger partial charge in [-0.3, -0.25) is 14.9 Å². The van der Waals surface area contributed by atoms with Crippen LogP contribution in [0.3, 0.4) is 0 Å². The predicted molar refractivity (Wildman–Crippen MR) is 47.6 cm³/mol. The van der Waals surface area contributed by atoms with Crippen LogP contribution in [0.4, 0.5) is 0 Å². The molecule has 0 atom stereocenters. The SMILES string of the molecule is CCCCC.O=C1CCC(=O)N1.